The standard InChI is InChI=1S/C22H22F3N3O4/c1-2-3-12-22(14-8-10-15(23)11-9-14)19(30)28(21(31)27-22)13-18(29)26-16-6-4-5-7-17(16)32-20(24)25/h4-11,20H,2-3,12-13H2,1H3,(H,26,29)(H,27,31). The van der Waals surface area contributed by atoms with Gasteiger partial charge >= 0.3 is 12.6 Å². The molecule has 0 aliphatic carbocycles. The van der Waals surface area contributed by atoms with E-state index in [4.69, 9.17) is 0 Å². The zero-order chi connectivity index (χ0) is 23.3. The maximum Gasteiger partial charge on any atom is 0.387 e. The number of carbonyl (C=O) groups is 3. The number of amides is 4. The van der Waals surface area contributed by atoms with E-state index in [0.717, 1.165) is 11.3 Å². The van der Waals surface area contributed by atoms with Gasteiger partial charge in [-0.1, -0.05) is 44.0 Å². The van der Waals surface area contributed by atoms with Crippen molar-refractivity contribution in [2.45, 2.75) is 38.3 Å². The number of rotatable bonds is 9. The van der Waals surface area contributed by atoms with Gasteiger partial charge in [-0.05, 0) is 36.2 Å². The lowest BCUT2D eigenvalue weighted by Gasteiger charge is -2.27. The van der Waals surface area contributed by atoms with E-state index in [9.17, 15) is 27.6 Å². The van der Waals surface area contributed by atoms with Crippen molar-refractivity contribution < 1.29 is 32.3 Å². The van der Waals surface area contributed by atoms with Crippen molar-refractivity contribution in [2.24, 2.45) is 0 Å². The minimum atomic E-state index is -3.09. The summed E-state index contributed by atoms with van der Waals surface area (Å²) in [7, 11) is 0. The van der Waals surface area contributed by atoms with E-state index in [0.29, 0.717) is 12.0 Å². The molecule has 32 heavy (non-hydrogen) atoms. The number of alkyl halides is 2. The van der Waals surface area contributed by atoms with Crippen LogP contribution in [0.4, 0.5) is 23.7 Å². The van der Waals surface area contributed by atoms with E-state index in [1.807, 2.05) is 6.92 Å². The van der Waals surface area contributed by atoms with E-state index in [1.165, 1.54) is 48.5 Å². The van der Waals surface area contributed by atoms with E-state index in [1.54, 1.807) is 0 Å². The van der Waals surface area contributed by atoms with Gasteiger partial charge in [-0.15, -0.1) is 0 Å². The quantitative estimate of drug-likeness (QED) is 0.567. The molecule has 1 unspecified atom stereocenters. The van der Waals surface area contributed by atoms with Crippen LogP contribution in [0.5, 0.6) is 5.75 Å². The number of urea groups is 1. The SMILES string of the molecule is CCCCC1(c2ccc(F)cc2)NC(=O)N(CC(=O)Nc2ccccc2OC(F)F)C1=O. The number of benzene rings is 2. The summed E-state index contributed by atoms with van der Waals surface area (Å²) >= 11 is 0. The zero-order valence-corrected chi connectivity index (χ0v) is 17.2. The van der Waals surface area contributed by atoms with Gasteiger partial charge in [0.15, 0.2) is 0 Å². The van der Waals surface area contributed by atoms with E-state index < -0.39 is 42.4 Å². The molecule has 0 spiro atoms. The molecule has 4 amide bonds. The normalized spacial score (nSPS) is 18.1. The van der Waals surface area contributed by atoms with Crippen LogP contribution in [-0.2, 0) is 15.1 Å². The van der Waals surface area contributed by atoms with Crippen LogP contribution >= 0.6 is 0 Å². The lowest BCUT2D eigenvalue weighted by Crippen LogP contribution is -2.44. The molecule has 1 atom stereocenters. The summed E-state index contributed by atoms with van der Waals surface area (Å²) < 4.78 is 42.9. The second-order valence-corrected chi connectivity index (χ2v) is 7.26. The Bertz CT molecular complexity index is 1000. The molecule has 2 aromatic carbocycles. The van der Waals surface area contributed by atoms with Gasteiger partial charge in [0.1, 0.15) is 23.7 Å². The Morgan fingerprint density at radius 3 is 2.50 bits per heavy atom. The van der Waals surface area contributed by atoms with Crippen molar-refractivity contribution in [2.75, 3.05) is 11.9 Å². The highest BCUT2D eigenvalue weighted by atomic mass is 19.3. The molecule has 0 saturated carbocycles. The fourth-order valence-corrected chi connectivity index (χ4v) is 3.56. The minimum Gasteiger partial charge on any atom is -0.433 e. The molecule has 1 heterocycles. The van der Waals surface area contributed by atoms with Crippen LogP contribution in [0.3, 0.4) is 0 Å². The highest BCUT2D eigenvalue weighted by Gasteiger charge is 2.52. The Morgan fingerprint density at radius 2 is 1.84 bits per heavy atom. The van der Waals surface area contributed by atoms with E-state index in [-0.39, 0.29) is 17.9 Å². The fraction of sp³-hybridized carbons (Fsp3) is 0.318. The summed E-state index contributed by atoms with van der Waals surface area (Å²) in [6.45, 7) is -1.80. The molecule has 1 aliphatic heterocycles. The maximum absolute atomic E-state index is 13.4. The molecule has 7 nitrogen and oxygen atoms in total. The van der Waals surface area contributed by atoms with Crippen LogP contribution in [0.2, 0.25) is 0 Å². The molecule has 1 aliphatic rings. The Hall–Kier alpha value is -3.56. The number of nitrogens with one attached hydrogen (secondary N) is 2. The lowest BCUT2D eigenvalue weighted by molar-refractivity contribution is -0.134. The Labute approximate surface area is 182 Å². The van der Waals surface area contributed by atoms with Crippen LogP contribution in [0.1, 0.15) is 31.7 Å². The minimum absolute atomic E-state index is 0.0272. The van der Waals surface area contributed by atoms with Crippen molar-refractivity contribution in [1.29, 1.82) is 0 Å². The zero-order valence-electron chi connectivity index (χ0n) is 17.2. The Morgan fingerprint density at radius 1 is 1.16 bits per heavy atom. The predicted octanol–water partition coefficient (Wildman–Crippen LogP) is 4.00. The van der Waals surface area contributed by atoms with Gasteiger partial charge in [0.05, 0.1) is 5.69 Å². The smallest absolute Gasteiger partial charge is 0.387 e. The van der Waals surface area contributed by atoms with E-state index >= 15 is 0 Å². The van der Waals surface area contributed by atoms with E-state index in [2.05, 4.69) is 15.4 Å². The average Bonchev–Trinajstić information content (AvgIpc) is 2.99. The molecule has 2 aromatic rings. The molecule has 10 heteroatoms. The van der Waals surface area contributed by atoms with Gasteiger partial charge in [0, 0.05) is 0 Å². The summed E-state index contributed by atoms with van der Waals surface area (Å²) in [5, 5.41) is 5.04. The molecule has 0 bridgehead atoms. The van der Waals surface area contributed by atoms with Crippen LogP contribution in [0.15, 0.2) is 48.5 Å². The third-order valence-corrected chi connectivity index (χ3v) is 5.10. The summed E-state index contributed by atoms with van der Waals surface area (Å²) in [6, 6.07) is 10.0. The fourth-order valence-electron chi connectivity index (χ4n) is 3.56. The molecular formula is C22H22F3N3O4. The monoisotopic (exact) mass is 449 g/mol. The topological polar surface area (TPSA) is 87.7 Å². The summed E-state index contributed by atoms with van der Waals surface area (Å²) in [5.74, 6) is -2.16. The number of halogens is 3. The number of ether oxygens (including phenoxy) is 1. The van der Waals surface area contributed by atoms with Gasteiger partial charge in [0.25, 0.3) is 5.91 Å². The number of carbonyl (C=O) groups excluding carboxylic acids is 3. The summed E-state index contributed by atoms with van der Waals surface area (Å²) in [4.78, 5) is 39.2. The number of anilines is 1. The first kappa shape index (κ1) is 23.1. The molecule has 3 rings (SSSR count). The molecule has 1 saturated heterocycles. The second-order valence-electron chi connectivity index (χ2n) is 7.26. The van der Waals surface area contributed by atoms with Crippen molar-refractivity contribution in [3.05, 3.63) is 59.9 Å². The summed E-state index contributed by atoms with van der Waals surface area (Å²) in [5.41, 5.74) is -1.04. The second kappa shape index (κ2) is 9.71. The van der Waals surface area contributed by atoms with Gasteiger partial charge in [0.2, 0.25) is 5.91 Å². The highest BCUT2D eigenvalue weighted by Crippen LogP contribution is 2.34. The molecule has 0 radical (unpaired) electrons. The number of nitrogens with zero attached hydrogens (tertiary/aromatic N) is 1. The number of hydrogen-bond donors (Lipinski definition) is 2. The Kier molecular flexibility index (Phi) is 7.01. The van der Waals surface area contributed by atoms with Crippen LogP contribution in [0.25, 0.3) is 0 Å². The third kappa shape index (κ3) is 4.84. The van der Waals surface area contributed by atoms with Crippen LogP contribution < -0.4 is 15.4 Å². The van der Waals surface area contributed by atoms with Gasteiger partial charge < -0.3 is 15.4 Å². The number of unbranched alkanes of at least 4 members (excludes halogenated alkanes) is 1. The van der Waals surface area contributed by atoms with Crippen molar-refractivity contribution in [1.82, 2.24) is 10.2 Å². The van der Waals surface area contributed by atoms with Gasteiger partial charge in [-0.3, -0.25) is 14.5 Å². The number of hydrogen-bond acceptors (Lipinski definition) is 4. The first-order valence-electron chi connectivity index (χ1n) is 10.0. The predicted molar refractivity (Wildman–Crippen MR) is 110 cm³/mol. The van der Waals surface area contributed by atoms with Crippen LogP contribution in [-0.4, -0.2) is 35.9 Å². The Balaban J connectivity index is 1.80. The van der Waals surface area contributed by atoms with Crippen LogP contribution in [0, 0.1) is 5.82 Å². The van der Waals surface area contributed by atoms with Gasteiger partial charge in [-0.25, -0.2) is 9.18 Å². The largest absolute Gasteiger partial charge is 0.433 e. The highest BCUT2D eigenvalue weighted by molar-refractivity contribution is 6.10. The number of para-hydroxylation sites is 2. The van der Waals surface area contributed by atoms with Crippen molar-refractivity contribution in [3.63, 3.8) is 0 Å². The summed E-state index contributed by atoms with van der Waals surface area (Å²) in [6.07, 6.45) is 1.61. The lowest BCUT2D eigenvalue weighted by atomic mass is 9.85. The molecule has 0 aromatic heterocycles. The van der Waals surface area contributed by atoms with Crippen molar-refractivity contribution >= 4 is 23.5 Å². The molecular weight excluding hydrogens is 427 g/mol. The van der Waals surface area contributed by atoms with Gasteiger partial charge in [-0.2, -0.15) is 8.78 Å². The number of imide groups is 1. The first-order chi connectivity index (χ1) is 15.3. The average molecular weight is 449 g/mol. The molecule has 170 valence electrons. The first-order valence-corrected chi connectivity index (χ1v) is 10.0. The maximum atomic E-state index is 13.4. The van der Waals surface area contributed by atoms with Crippen molar-refractivity contribution in [3.8, 4) is 5.75 Å². The third-order valence-electron chi connectivity index (χ3n) is 5.10. The molecule has 1 fully saturated rings. The molecule has 2 N–H and O–H groups in total.